The zero-order chi connectivity index (χ0) is 16.9. The van der Waals surface area contributed by atoms with Crippen LogP contribution in [0.25, 0.3) is 11.3 Å². The van der Waals surface area contributed by atoms with E-state index < -0.39 is 0 Å². The molecule has 1 aromatic carbocycles. The summed E-state index contributed by atoms with van der Waals surface area (Å²) in [5.41, 5.74) is 6.25. The number of rotatable bonds is 6. The maximum Gasteiger partial charge on any atom is 0.0695 e. The monoisotopic (exact) mass is 327 g/mol. The van der Waals surface area contributed by atoms with Crippen molar-refractivity contribution in [3.63, 3.8) is 0 Å². The average molecular weight is 327 g/mol. The van der Waals surface area contributed by atoms with Crippen LogP contribution in [0, 0.1) is 13.8 Å². The lowest BCUT2D eigenvalue weighted by Gasteiger charge is -2.25. The summed E-state index contributed by atoms with van der Waals surface area (Å²) >= 11 is 0. The maximum absolute atomic E-state index is 5.84. The quantitative estimate of drug-likeness (QED) is 0.869. The van der Waals surface area contributed by atoms with Crippen LogP contribution in [-0.4, -0.2) is 41.4 Å². The molecular formula is C20H29N3O. The molecule has 0 radical (unpaired) electrons. The summed E-state index contributed by atoms with van der Waals surface area (Å²) in [6.45, 7) is 7.21. The molecule has 1 aromatic heterocycles. The number of hydrogen-bond donors (Lipinski definition) is 1. The fourth-order valence-electron chi connectivity index (χ4n) is 3.35. The van der Waals surface area contributed by atoms with Crippen LogP contribution in [0.2, 0.25) is 0 Å². The third-order valence-corrected chi connectivity index (χ3v) is 5.06. The van der Waals surface area contributed by atoms with Crippen molar-refractivity contribution in [3.8, 4) is 11.3 Å². The van der Waals surface area contributed by atoms with E-state index in [0.29, 0.717) is 6.10 Å². The van der Waals surface area contributed by atoms with Crippen molar-refractivity contribution in [2.75, 3.05) is 20.2 Å². The first-order valence-electron chi connectivity index (χ1n) is 9.03. The van der Waals surface area contributed by atoms with Gasteiger partial charge in [0.15, 0.2) is 0 Å². The van der Waals surface area contributed by atoms with Gasteiger partial charge in [-0.1, -0.05) is 12.1 Å². The van der Waals surface area contributed by atoms with Crippen LogP contribution in [0.3, 0.4) is 0 Å². The van der Waals surface area contributed by atoms with E-state index in [1.165, 1.54) is 41.5 Å². The van der Waals surface area contributed by atoms with Crippen LogP contribution < -0.4 is 0 Å². The van der Waals surface area contributed by atoms with E-state index in [-0.39, 0.29) is 0 Å². The van der Waals surface area contributed by atoms with Crippen LogP contribution in [-0.2, 0) is 11.3 Å². The van der Waals surface area contributed by atoms with Gasteiger partial charge in [0.2, 0.25) is 0 Å². The molecule has 4 heteroatoms. The van der Waals surface area contributed by atoms with E-state index in [1.54, 1.807) is 0 Å². The lowest BCUT2D eigenvalue weighted by atomic mass is 10.0. The highest BCUT2D eigenvalue weighted by molar-refractivity contribution is 5.64. The van der Waals surface area contributed by atoms with E-state index in [1.807, 2.05) is 6.20 Å². The highest BCUT2D eigenvalue weighted by Gasteiger charge is 2.15. The minimum absolute atomic E-state index is 0.449. The predicted molar refractivity (Wildman–Crippen MR) is 98.0 cm³/mol. The highest BCUT2D eigenvalue weighted by Crippen LogP contribution is 2.24. The summed E-state index contributed by atoms with van der Waals surface area (Å²) in [7, 11) is 2.18. The molecule has 1 saturated heterocycles. The van der Waals surface area contributed by atoms with Gasteiger partial charge in [0.25, 0.3) is 0 Å². The molecule has 130 valence electrons. The van der Waals surface area contributed by atoms with Crippen molar-refractivity contribution in [1.29, 1.82) is 0 Å². The Morgan fingerprint density at radius 1 is 1.25 bits per heavy atom. The molecule has 4 nitrogen and oxygen atoms in total. The first kappa shape index (κ1) is 17.2. The Kier molecular flexibility index (Phi) is 5.69. The third-order valence-electron chi connectivity index (χ3n) is 5.06. The van der Waals surface area contributed by atoms with E-state index in [2.05, 4.69) is 54.2 Å². The van der Waals surface area contributed by atoms with Crippen LogP contribution in [0.4, 0.5) is 0 Å². The molecule has 0 unspecified atom stereocenters. The van der Waals surface area contributed by atoms with Gasteiger partial charge >= 0.3 is 0 Å². The molecule has 3 rings (SSSR count). The fourth-order valence-corrected chi connectivity index (χ4v) is 3.35. The smallest absolute Gasteiger partial charge is 0.0695 e. The van der Waals surface area contributed by atoms with Crippen molar-refractivity contribution in [1.82, 2.24) is 15.1 Å². The summed E-state index contributed by atoms with van der Waals surface area (Å²) in [4.78, 5) is 2.37. The van der Waals surface area contributed by atoms with Crippen LogP contribution in [0.1, 0.15) is 42.4 Å². The van der Waals surface area contributed by atoms with Gasteiger partial charge in [-0.25, -0.2) is 0 Å². The summed E-state index contributed by atoms with van der Waals surface area (Å²) < 4.78 is 5.84. The van der Waals surface area contributed by atoms with Crippen molar-refractivity contribution < 1.29 is 4.74 Å². The summed E-state index contributed by atoms with van der Waals surface area (Å²) in [5, 5.41) is 7.46. The van der Waals surface area contributed by atoms with E-state index in [4.69, 9.17) is 4.74 Å². The van der Waals surface area contributed by atoms with Crippen molar-refractivity contribution >= 4 is 0 Å². The highest BCUT2D eigenvalue weighted by atomic mass is 16.5. The zero-order valence-electron chi connectivity index (χ0n) is 15.1. The second-order valence-electron chi connectivity index (χ2n) is 7.08. The van der Waals surface area contributed by atoms with Gasteiger partial charge in [-0.15, -0.1) is 0 Å². The van der Waals surface area contributed by atoms with Crippen molar-refractivity contribution in [3.05, 3.63) is 41.1 Å². The second-order valence-corrected chi connectivity index (χ2v) is 7.08. The number of ether oxygens (including phenoxy) is 1. The van der Waals surface area contributed by atoms with Gasteiger partial charge < -0.3 is 9.64 Å². The Morgan fingerprint density at radius 3 is 2.88 bits per heavy atom. The minimum atomic E-state index is 0.449. The molecule has 0 bridgehead atoms. The molecular weight excluding hydrogens is 298 g/mol. The topological polar surface area (TPSA) is 41.2 Å². The van der Waals surface area contributed by atoms with Gasteiger partial charge in [0.05, 0.1) is 18.0 Å². The lowest BCUT2D eigenvalue weighted by molar-refractivity contribution is 0.00641. The Bertz CT molecular complexity index is 659. The molecule has 2 aromatic rings. The summed E-state index contributed by atoms with van der Waals surface area (Å²) in [6.07, 6.45) is 7.27. The van der Waals surface area contributed by atoms with Crippen LogP contribution >= 0.6 is 0 Å². The maximum atomic E-state index is 5.84. The molecule has 0 amide bonds. The van der Waals surface area contributed by atoms with Gasteiger partial charge in [0.1, 0.15) is 0 Å². The standard InChI is InChI=1S/C20H29N3O/c1-15-7-8-17(12-16(15)2)20-18(13-21-22-20)14-23(3)10-9-19-6-4-5-11-24-19/h7-8,12-13,19H,4-6,9-11,14H2,1-3H3,(H,21,22)/t19-/m0/s1. The van der Waals surface area contributed by atoms with E-state index in [9.17, 15) is 0 Å². The third kappa shape index (κ3) is 4.25. The normalized spacial score (nSPS) is 18.2. The number of hydrogen-bond acceptors (Lipinski definition) is 3. The number of aromatic nitrogens is 2. The number of aromatic amines is 1. The number of nitrogens with zero attached hydrogens (tertiary/aromatic N) is 2. The fraction of sp³-hybridized carbons (Fsp3) is 0.550. The van der Waals surface area contributed by atoms with Crippen LogP contribution in [0.5, 0.6) is 0 Å². The van der Waals surface area contributed by atoms with Crippen LogP contribution in [0.15, 0.2) is 24.4 Å². The Balaban J connectivity index is 1.61. The second kappa shape index (κ2) is 7.95. The number of aryl methyl sites for hydroxylation is 2. The van der Waals surface area contributed by atoms with Gasteiger partial charge in [-0.05, 0) is 63.8 Å². The molecule has 0 saturated carbocycles. The Labute approximate surface area is 145 Å². The minimum Gasteiger partial charge on any atom is -0.378 e. The molecule has 1 atom stereocenters. The van der Waals surface area contributed by atoms with Gasteiger partial charge in [-0.3, -0.25) is 5.10 Å². The number of nitrogens with one attached hydrogen (secondary N) is 1. The summed E-state index contributed by atoms with van der Waals surface area (Å²) in [6, 6.07) is 6.59. The Hall–Kier alpha value is -1.65. The lowest BCUT2D eigenvalue weighted by Crippen LogP contribution is -2.26. The largest absolute Gasteiger partial charge is 0.378 e. The number of H-pyrrole nitrogens is 1. The summed E-state index contributed by atoms with van der Waals surface area (Å²) in [5.74, 6) is 0. The Morgan fingerprint density at radius 2 is 2.12 bits per heavy atom. The molecule has 1 aliphatic heterocycles. The SMILES string of the molecule is Cc1ccc(-c2[nH]ncc2CN(C)CC[C@@H]2CCCCO2)cc1C. The van der Waals surface area contributed by atoms with E-state index in [0.717, 1.165) is 31.8 Å². The molecule has 24 heavy (non-hydrogen) atoms. The van der Waals surface area contributed by atoms with Crippen molar-refractivity contribution in [2.24, 2.45) is 0 Å². The zero-order valence-corrected chi connectivity index (χ0v) is 15.1. The molecule has 0 aliphatic carbocycles. The molecule has 1 N–H and O–H groups in total. The molecule has 2 heterocycles. The van der Waals surface area contributed by atoms with Crippen molar-refractivity contribution in [2.45, 2.75) is 52.2 Å². The predicted octanol–water partition coefficient (Wildman–Crippen LogP) is 4.08. The van der Waals surface area contributed by atoms with Gasteiger partial charge in [0, 0.05) is 30.8 Å². The molecule has 0 spiro atoms. The van der Waals surface area contributed by atoms with E-state index >= 15 is 0 Å². The van der Waals surface area contributed by atoms with Gasteiger partial charge in [-0.2, -0.15) is 5.10 Å². The first-order valence-corrected chi connectivity index (χ1v) is 9.03. The molecule has 1 aliphatic rings. The number of benzene rings is 1. The molecule has 1 fully saturated rings. The first-order chi connectivity index (χ1) is 11.6. The average Bonchev–Trinajstić information content (AvgIpc) is 3.04.